The standard InChI is InChI=1S/C19H31N5O2S2/c1-2-3-4-14-5-7-15(8-6-14)17(26)23-9-11-24(12-10-23)18-21-22-19(28-18)27-13-16(20)25/h14-15H,2-13H2,1H3,(H2,20,25). The Hall–Kier alpha value is -1.35. The second-order valence-corrected chi connectivity index (χ2v) is 9.96. The summed E-state index contributed by atoms with van der Waals surface area (Å²) in [5, 5.41) is 9.21. The average molecular weight is 426 g/mol. The molecule has 1 aromatic rings. The Morgan fingerprint density at radius 2 is 1.86 bits per heavy atom. The number of carbonyl (C=O) groups excluding carboxylic acids is 2. The number of thioether (sulfide) groups is 1. The number of aromatic nitrogens is 2. The van der Waals surface area contributed by atoms with E-state index < -0.39 is 0 Å². The van der Waals surface area contributed by atoms with E-state index in [2.05, 4.69) is 22.0 Å². The summed E-state index contributed by atoms with van der Waals surface area (Å²) in [4.78, 5) is 28.0. The van der Waals surface area contributed by atoms with E-state index in [1.807, 2.05) is 4.90 Å². The molecule has 0 atom stereocenters. The lowest BCUT2D eigenvalue weighted by Crippen LogP contribution is -2.50. The minimum Gasteiger partial charge on any atom is -0.369 e. The van der Waals surface area contributed by atoms with Gasteiger partial charge in [-0.15, -0.1) is 10.2 Å². The van der Waals surface area contributed by atoms with Gasteiger partial charge in [-0.1, -0.05) is 49.3 Å². The summed E-state index contributed by atoms with van der Waals surface area (Å²) in [5.74, 6) is 1.27. The summed E-state index contributed by atoms with van der Waals surface area (Å²) in [5.41, 5.74) is 5.17. The van der Waals surface area contributed by atoms with Crippen molar-refractivity contribution < 1.29 is 9.59 Å². The lowest BCUT2D eigenvalue weighted by atomic mass is 9.79. The predicted octanol–water partition coefficient (Wildman–Crippen LogP) is 2.76. The number of amides is 2. The summed E-state index contributed by atoms with van der Waals surface area (Å²) in [6.45, 7) is 5.31. The lowest BCUT2D eigenvalue weighted by molar-refractivity contribution is -0.137. The van der Waals surface area contributed by atoms with Gasteiger partial charge in [0.05, 0.1) is 5.75 Å². The lowest BCUT2D eigenvalue weighted by Gasteiger charge is -2.37. The number of hydrogen-bond acceptors (Lipinski definition) is 7. The van der Waals surface area contributed by atoms with Crippen LogP contribution in [0.3, 0.4) is 0 Å². The first-order chi connectivity index (χ1) is 13.6. The molecule has 0 radical (unpaired) electrons. The van der Waals surface area contributed by atoms with Gasteiger partial charge in [-0.2, -0.15) is 0 Å². The van der Waals surface area contributed by atoms with Crippen molar-refractivity contribution in [2.75, 3.05) is 36.8 Å². The molecule has 0 bridgehead atoms. The van der Waals surface area contributed by atoms with Crippen LogP contribution in [0.25, 0.3) is 0 Å². The molecule has 2 N–H and O–H groups in total. The maximum absolute atomic E-state index is 12.9. The van der Waals surface area contributed by atoms with E-state index in [0.29, 0.717) is 5.91 Å². The van der Waals surface area contributed by atoms with Gasteiger partial charge in [-0.3, -0.25) is 9.59 Å². The predicted molar refractivity (Wildman–Crippen MR) is 114 cm³/mol. The van der Waals surface area contributed by atoms with Crippen molar-refractivity contribution in [3.8, 4) is 0 Å². The van der Waals surface area contributed by atoms with Gasteiger partial charge >= 0.3 is 0 Å². The molecule has 1 saturated heterocycles. The molecule has 1 saturated carbocycles. The summed E-state index contributed by atoms with van der Waals surface area (Å²) in [7, 11) is 0. The van der Waals surface area contributed by atoms with Crippen LogP contribution in [0.15, 0.2) is 4.34 Å². The molecule has 0 spiro atoms. The van der Waals surface area contributed by atoms with Crippen LogP contribution in [0.4, 0.5) is 5.13 Å². The molecule has 1 aromatic heterocycles. The van der Waals surface area contributed by atoms with E-state index in [1.54, 1.807) is 0 Å². The highest BCUT2D eigenvalue weighted by Gasteiger charge is 2.31. The molecule has 2 aliphatic rings. The molecule has 2 fully saturated rings. The highest BCUT2D eigenvalue weighted by molar-refractivity contribution is 8.01. The fourth-order valence-corrected chi connectivity index (χ4v) is 5.72. The smallest absolute Gasteiger partial charge is 0.227 e. The van der Waals surface area contributed by atoms with Crippen molar-refractivity contribution in [1.29, 1.82) is 0 Å². The Morgan fingerprint density at radius 3 is 2.50 bits per heavy atom. The van der Waals surface area contributed by atoms with Crippen LogP contribution in [0.2, 0.25) is 0 Å². The maximum Gasteiger partial charge on any atom is 0.227 e. The van der Waals surface area contributed by atoms with Gasteiger partial charge in [0, 0.05) is 32.1 Å². The van der Waals surface area contributed by atoms with Gasteiger partial charge in [0.15, 0.2) is 4.34 Å². The highest BCUT2D eigenvalue weighted by Crippen LogP contribution is 2.33. The molecule has 0 unspecified atom stereocenters. The van der Waals surface area contributed by atoms with Gasteiger partial charge in [-0.05, 0) is 31.6 Å². The van der Waals surface area contributed by atoms with Gasteiger partial charge < -0.3 is 15.5 Å². The number of primary amides is 1. The summed E-state index contributed by atoms with van der Waals surface area (Å²) in [6, 6.07) is 0. The van der Waals surface area contributed by atoms with E-state index in [4.69, 9.17) is 5.73 Å². The first-order valence-electron chi connectivity index (χ1n) is 10.3. The fraction of sp³-hybridized carbons (Fsp3) is 0.789. The monoisotopic (exact) mass is 425 g/mol. The number of hydrogen-bond donors (Lipinski definition) is 1. The van der Waals surface area contributed by atoms with E-state index in [0.717, 1.165) is 54.4 Å². The molecule has 1 aliphatic heterocycles. The first kappa shape index (κ1) is 21.4. The molecule has 9 heteroatoms. The molecule has 3 rings (SSSR count). The molecule has 7 nitrogen and oxygen atoms in total. The number of anilines is 1. The number of piperazine rings is 1. The Balaban J connectivity index is 1.42. The largest absolute Gasteiger partial charge is 0.369 e. The normalized spacial score (nSPS) is 23.0. The van der Waals surface area contributed by atoms with Crippen molar-refractivity contribution in [2.45, 2.75) is 56.2 Å². The van der Waals surface area contributed by atoms with Crippen LogP contribution in [-0.4, -0.2) is 58.8 Å². The zero-order valence-electron chi connectivity index (χ0n) is 16.6. The Morgan fingerprint density at radius 1 is 1.14 bits per heavy atom. The second-order valence-electron chi connectivity index (χ2n) is 7.78. The summed E-state index contributed by atoms with van der Waals surface area (Å²) >= 11 is 2.80. The van der Waals surface area contributed by atoms with Gasteiger partial charge in [-0.25, -0.2) is 0 Å². The molecule has 2 heterocycles. The van der Waals surface area contributed by atoms with Gasteiger partial charge in [0.1, 0.15) is 0 Å². The number of rotatable bonds is 8. The first-order valence-corrected chi connectivity index (χ1v) is 12.1. The topological polar surface area (TPSA) is 92.4 Å². The Kier molecular flexibility index (Phi) is 7.96. The van der Waals surface area contributed by atoms with Crippen LogP contribution in [0.1, 0.15) is 51.9 Å². The fourth-order valence-electron chi connectivity index (χ4n) is 4.09. The van der Waals surface area contributed by atoms with Crippen LogP contribution < -0.4 is 10.6 Å². The number of carbonyl (C=O) groups is 2. The van der Waals surface area contributed by atoms with E-state index >= 15 is 0 Å². The SMILES string of the molecule is CCCCC1CCC(C(=O)N2CCN(c3nnc(SCC(N)=O)s3)CC2)CC1. The number of nitrogens with zero attached hydrogens (tertiary/aromatic N) is 4. The molecular weight excluding hydrogens is 394 g/mol. The van der Waals surface area contributed by atoms with Crippen LogP contribution in [0.5, 0.6) is 0 Å². The molecule has 28 heavy (non-hydrogen) atoms. The zero-order valence-corrected chi connectivity index (χ0v) is 18.3. The molecule has 156 valence electrons. The van der Waals surface area contributed by atoms with Crippen LogP contribution in [-0.2, 0) is 9.59 Å². The van der Waals surface area contributed by atoms with E-state index in [-0.39, 0.29) is 17.6 Å². The van der Waals surface area contributed by atoms with Crippen LogP contribution in [0, 0.1) is 11.8 Å². The average Bonchev–Trinajstić information content (AvgIpc) is 3.20. The second kappa shape index (κ2) is 10.4. The molecule has 0 aromatic carbocycles. The van der Waals surface area contributed by atoms with Crippen molar-refractivity contribution in [2.24, 2.45) is 17.6 Å². The minimum atomic E-state index is -0.353. The third-order valence-corrected chi connectivity index (χ3v) is 7.90. The number of unbranched alkanes of at least 4 members (excludes halogenated alkanes) is 1. The minimum absolute atomic E-state index is 0.220. The van der Waals surface area contributed by atoms with Crippen molar-refractivity contribution >= 4 is 40.0 Å². The Bertz CT molecular complexity index is 653. The van der Waals surface area contributed by atoms with Crippen molar-refractivity contribution in [3.63, 3.8) is 0 Å². The maximum atomic E-state index is 12.9. The molecule has 1 aliphatic carbocycles. The zero-order chi connectivity index (χ0) is 19.9. The van der Waals surface area contributed by atoms with Crippen molar-refractivity contribution in [1.82, 2.24) is 15.1 Å². The third-order valence-electron chi connectivity index (χ3n) is 5.76. The summed E-state index contributed by atoms with van der Waals surface area (Å²) in [6.07, 6.45) is 8.47. The highest BCUT2D eigenvalue weighted by atomic mass is 32.2. The number of nitrogens with two attached hydrogens (primary N) is 1. The summed E-state index contributed by atoms with van der Waals surface area (Å²) < 4.78 is 0.757. The van der Waals surface area contributed by atoms with Crippen molar-refractivity contribution in [3.05, 3.63) is 0 Å². The van der Waals surface area contributed by atoms with E-state index in [9.17, 15) is 9.59 Å². The van der Waals surface area contributed by atoms with Gasteiger partial charge in [0.25, 0.3) is 0 Å². The quantitative estimate of drug-likeness (QED) is 0.644. The van der Waals surface area contributed by atoms with Crippen LogP contribution >= 0.6 is 23.1 Å². The third kappa shape index (κ3) is 5.83. The molecule has 2 amide bonds. The van der Waals surface area contributed by atoms with E-state index in [1.165, 1.54) is 55.2 Å². The Labute approximate surface area is 175 Å². The van der Waals surface area contributed by atoms with Gasteiger partial charge in [0.2, 0.25) is 16.9 Å². The molecular formula is C19H31N5O2S2.